The molecule has 0 bridgehead atoms. The number of amides is 1. The van der Waals surface area contributed by atoms with Crippen LogP contribution in [0.25, 0.3) is 0 Å². The lowest BCUT2D eigenvalue weighted by Gasteiger charge is -2.13. The molecule has 1 unspecified atom stereocenters. The highest BCUT2D eigenvalue weighted by atomic mass is 32.1. The van der Waals surface area contributed by atoms with Crippen LogP contribution >= 0.6 is 11.3 Å². The summed E-state index contributed by atoms with van der Waals surface area (Å²) in [4.78, 5) is 21.0. The maximum atomic E-state index is 12.3. The normalized spacial score (nSPS) is 12.4. The predicted molar refractivity (Wildman–Crippen MR) is 85.5 cm³/mol. The number of pyridine rings is 1. The Hall–Kier alpha value is -1.95. The van der Waals surface area contributed by atoms with Crippen molar-refractivity contribution >= 4 is 23.1 Å². The van der Waals surface area contributed by atoms with Gasteiger partial charge in [-0.3, -0.25) is 4.79 Å². The Balaban J connectivity index is 2.16. The first kappa shape index (κ1) is 15.4. The van der Waals surface area contributed by atoms with Gasteiger partial charge in [0.15, 0.2) is 0 Å². The van der Waals surface area contributed by atoms with Crippen molar-refractivity contribution < 1.29 is 4.79 Å². The Labute approximate surface area is 128 Å². The molecular formula is C15H20N4OS. The maximum absolute atomic E-state index is 12.3. The molecule has 0 saturated heterocycles. The summed E-state index contributed by atoms with van der Waals surface area (Å²) in [7, 11) is 0. The molecule has 21 heavy (non-hydrogen) atoms. The highest BCUT2D eigenvalue weighted by Crippen LogP contribution is 2.19. The molecule has 3 N–H and O–H groups in total. The first-order chi connectivity index (χ1) is 9.86. The largest absolute Gasteiger partial charge is 0.384 e. The van der Waals surface area contributed by atoms with Gasteiger partial charge in [0, 0.05) is 22.3 Å². The Morgan fingerprint density at radius 2 is 2.00 bits per heavy atom. The molecule has 0 aliphatic rings. The van der Waals surface area contributed by atoms with Crippen LogP contribution in [0, 0.1) is 6.92 Å². The SMILES string of the molecule is Cc1csc(C(C)NC(=O)c2cc(N)nc(C(C)C)c2)n1. The molecule has 0 aliphatic heterocycles. The van der Waals surface area contributed by atoms with Gasteiger partial charge in [-0.15, -0.1) is 11.3 Å². The number of carbonyl (C=O) groups is 1. The Morgan fingerprint density at radius 1 is 1.29 bits per heavy atom. The van der Waals surface area contributed by atoms with Crippen LogP contribution in [0.4, 0.5) is 5.82 Å². The fourth-order valence-corrected chi connectivity index (χ4v) is 2.72. The Bertz CT molecular complexity index is 651. The maximum Gasteiger partial charge on any atom is 0.252 e. The number of nitrogens with one attached hydrogen (secondary N) is 1. The molecule has 0 aliphatic carbocycles. The molecule has 2 rings (SSSR count). The first-order valence-corrected chi connectivity index (χ1v) is 7.75. The summed E-state index contributed by atoms with van der Waals surface area (Å²) in [6.45, 7) is 7.89. The molecule has 0 spiro atoms. The van der Waals surface area contributed by atoms with Crippen molar-refractivity contribution in [3.05, 3.63) is 39.5 Å². The van der Waals surface area contributed by atoms with Crippen LogP contribution in [-0.4, -0.2) is 15.9 Å². The average Bonchev–Trinajstić information content (AvgIpc) is 2.84. The number of hydrogen-bond donors (Lipinski definition) is 2. The average molecular weight is 304 g/mol. The lowest BCUT2D eigenvalue weighted by atomic mass is 10.1. The molecular weight excluding hydrogens is 284 g/mol. The lowest BCUT2D eigenvalue weighted by molar-refractivity contribution is 0.0939. The molecule has 5 nitrogen and oxygen atoms in total. The first-order valence-electron chi connectivity index (χ1n) is 6.87. The van der Waals surface area contributed by atoms with Gasteiger partial charge >= 0.3 is 0 Å². The summed E-state index contributed by atoms with van der Waals surface area (Å²) in [5.74, 6) is 0.425. The van der Waals surface area contributed by atoms with Gasteiger partial charge in [-0.05, 0) is 31.9 Å². The van der Waals surface area contributed by atoms with Crippen molar-refractivity contribution in [2.75, 3.05) is 5.73 Å². The third-order valence-electron chi connectivity index (χ3n) is 3.07. The van der Waals surface area contributed by atoms with Crippen molar-refractivity contribution in [2.45, 2.75) is 39.7 Å². The molecule has 0 radical (unpaired) electrons. The van der Waals surface area contributed by atoms with E-state index in [1.54, 1.807) is 23.5 Å². The number of hydrogen-bond acceptors (Lipinski definition) is 5. The fourth-order valence-electron chi connectivity index (χ4n) is 1.91. The lowest BCUT2D eigenvalue weighted by Crippen LogP contribution is -2.27. The van der Waals surface area contributed by atoms with E-state index >= 15 is 0 Å². The second-order valence-electron chi connectivity index (χ2n) is 5.38. The minimum Gasteiger partial charge on any atom is -0.384 e. The molecule has 2 heterocycles. The number of anilines is 1. The molecule has 6 heteroatoms. The van der Waals surface area contributed by atoms with Crippen molar-refractivity contribution in [3.8, 4) is 0 Å². The van der Waals surface area contributed by atoms with Crippen LogP contribution in [0.1, 0.15) is 59.5 Å². The molecule has 0 aromatic carbocycles. The minimum atomic E-state index is -0.161. The van der Waals surface area contributed by atoms with E-state index in [0.717, 1.165) is 16.4 Å². The van der Waals surface area contributed by atoms with Crippen molar-refractivity contribution in [3.63, 3.8) is 0 Å². The van der Waals surface area contributed by atoms with E-state index in [2.05, 4.69) is 15.3 Å². The third kappa shape index (κ3) is 3.78. The van der Waals surface area contributed by atoms with Gasteiger partial charge in [0.05, 0.1) is 6.04 Å². The van der Waals surface area contributed by atoms with Gasteiger partial charge < -0.3 is 11.1 Å². The van der Waals surface area contributed by atoms with Gasteiger partial charge in [-0.1, -0.05) is 13.8 Å². The Kier molecular flexibility index (Phi) is 4.57. The summed E-state index contributed by atoms with van der Waals surface area (Å²) in [5.41, 5.74) is 8.09. The van der Waals surface area contributed by atoms with E-state index < -0.39 is 0 Å². The van der Waals surface area contributed by atoms with Crippen molar-refractivity contribution in [1.82, 2.24) is 15.3 Å². The van der Waals surface area contributed by atoms with Gasteiger partial charge in [0.2, 0.25) is 0 Å². The summed E-state index contributed by atoms with van der Waals surface area (Å²) >= 11 is 1.54. The quantitative estimate of drug-likeness (QED) is 0.909. The zero-order valence-corrected chi connectivity index (χ0v) is 13.5. The van der Waals surface area contributed by atoms with Crippen LogP contribution in [-0.2, 0) is 0 Å². The molecule has 112 valence electrons. The number of nitrogens with zero attached hydrogens (tertiary/aromatic N) is 2. The fraction of sp³-hybridized carbons (Fsp3) is 0.400. The standard InChI is InChI=1S/C15H20N4OS/c1-8(2)12-5-11(6-13(16)19-12)14(20)18-10(4)15-17-9(3)7-21-15/h5-8,10H,1-4H3,(H2,16,19)(H,18,20). The van der Waals surface area contributed by atoms with E-state index in [-0.39, 0.29) is 17.9 Å². The van der Waals surface area contributed by atoms with Gasteiger partial charge in [-0.2, -0.15) is 0 Å². The van der Waals surface area contributed by atoms with Crippen molar-refractivity contribution in [1.29, 1.82) is 0 Å². The number of nitrogen functional groups attached to an aromatic ring is 1. The Morgan fingerprint density at radius 3 is 2.57 bits per heavy atom. The van der Waals surface area contributed by atoms with Crippen LogP contribution in [0.5, 0.6) is 0 Å². The van der Waals surface area contributed by atoms with Crippen LogP contribution in [0.3, 0.4) is 0 Å². The number of nitrogens with two attached hydrogens (primary N) is 1. The van der Waals surface area contributed by atoms with E-state index in [4.69, 9.17) is 5.73 Å². The zero-order chi connectivity index (χ0) is 15.6. The highest BCUT2D eigenvalue weighted by Gasteiger charge is 2.16. The smallest absolute Gasteiger partial charge is 0.252 e. The summed E-state index contributed by atoms with van der Waals surface area (Å²) in [6, 6.07) is 3.25. The molecule has 2 aromatic heterocycles. The highest BCUT2D eigenvalue weighted by molar-refractivity contribution is 7.09. The molecule has 2 aromatic rings. The topological polar surface area (TPSA) is 80.9 Å². The summed E-state index contributed by atoms with van der Waals surface area (Å²) in [6.07, 6.45) is 0. The van der Waals surface area contributed by atoms with E-state index in [1.807, 2.05) is 33.1 Å². The van der Waals surface area contributed by atoms with Crippen LogP contribution in [0.2, 0.25) is 0 Å². The minimum absolute atomic E-state index is 0.131. The van der Waals surface area contributed by atoms with E-state index in [1.165, 1.54) is 0 Å². The summed E-state index contributed by atoms with van der Waals surface area (Å²) < 4.78 is 0. The number of carbonyl (C=O) groups excluding carboxylic acids is 1. The third-order valence-corrected chi connectivity index (χ3v) is 4.22. The van der Waals surface area contributed by atoms with Crippen LogP contribution < -0.4 is 11.1 Å². The second kappa shape index (κ2) is 6.22. The second-order valence-corrected chi connectivity index (χ2v) is 6.27. The van der Waals surface area contributed by atoms with E-state index in [0.29, 0.717) is 11.4 Å². The zero-order valence-electron chi connectivity index (χ0n) is 12.7. The molecule has 1 amide bonds. The molecule has 0 saturated carbocycles. The summed E-state index contributed by atoms with van der Waals surface area (Å²) in [5, 5.41) is 5.81. The van der Waals surface area contributed by atoms with E-state index in [9.17, 15) is 4.79 Å². The van der Waals surface area contributed by atoms with Gasteiger partial charge in [0.25, 0.3) is 5.91 Å². The van der Waals surface area contributed by atoms with Crippen LogP contribution in [0.15, 0.2) is 17.5 Å². The molecule has 1 atom stereocenters. The number of aryl methyl sites for hydroxylation is 1. The monoisotopic (exact) mass is 304 g/mol. The van der Waals surface area contributed by atoms with Gasteiger partial charge in [0.1, 0.15) is 10.8 Å². The number of thiazole rings is 1. The molecule has 0 fully saturated rings. The number of rotatable bonds is 4. The predicted octanol–water partition coefficient (Wildman–Crippen LogP) is 3.04. The number of aromatic nitrogens is 2. The van der Waals surface area contributed by atoms with Crippen molar-refractivity contribution in [2.24, 2.45) is 0 Å². The van der Waals surface area contributed by atoms with Gasteiger partial charge in [-0.25, -0.2) is 9.97 Å².